The van der Waals surface area contributed by atoms with Gasteiger partial charge in [0.15, 0.2) is 5.13 Å². The van der Waals surface area contributed by atoms with Gasteiger partial charge in [0, 0.05) is 50.1 Å². The fraction of sp³-hybridized carbons (Fsp3) is 0.304. The van der Waals surface area contributed by atoms with Crippen LogP contribution in [0.3, 0.4) is 0 Å². The summed E-state index contributed by atoms with van der Waals surface area (Å²) in [4.78, 5) is 18.6. The van der Waals surface area contributed by atoms with Gasteiger partial charge in [-0.1, -0.05) is 30.3 Å². The molecule has 0 aliphatic carbocycles. The quantitative estimate of drug-likeness (QED) is 0.502. The molecule has 1 fully saturated rings. The van der Waals surface area contributed by atoms with Gasteiger partial charge in [-0.15, -0.1) is 11.3 Å². The normalized spacial score (nSPS) is 15.7. The first-order valence-electron chi connectivity index (χ1n) is 10.8. The van der Waals surface area contributed by atoms with E-state index in [1.165, 1.54) is 15.6 Å². The van der Waals surface area contributed by atoms with Gasteiger partial charge in [0.25, 0.3) is 0 Å². The fourth-order valence-electron chi connectivity index (χ4n) is 3.67. The smallest absolute Gasteiger partial charge is 0.302 e. The fourth-order valence-corrected chi connectivity index (χ4v) is 5.83. The Balaban J connectivity index is 1.25. The molecular weight excluding hydrogens is 501 g/mol. The molecule has 0 atom stereocenters. The van der Waals surface area contributed by atoms with Gasteiger partial charge in [0.1, 0.15) is 0 Å². The van der Waals surface area contributed by atoms with Crippen LogP contribution in [0.1, 0.15) is 12.0 Å². The zero-order chi connectivity index (χ0) is 25.1. The third-order valence-corrected chi connectivity index (χ3v) is 8.30. The van der Waals surface area contributed by atoms with E-state index in [2.05, 4.69) is 10.3 Å². The predicted octanol–water partition coefficient (Wildman–Crippen LogP) is 4.16. The van der Waals surface area contributed by atoms with E-state index in [9.17, 15) is 26.4 Å². The number of hydrogen-bond acceptors (Lipinski definition) is 6. The van der Waals surface area contributed by atoms with Crippen LogP contribution in [0.15, 0.2) is 64.9 Å². The average Bonchev–Trinajstić information content (AvgIpc) is 3.31. The molecule has 1 aromatic heterocycles. The minimum Gasteiger partial charge on any atom is -0.302 e. The molecular formula is C23H23F3N4O3S2. The van der Waals surface area contributed by atoms with Crippen LogP contribution in [-0.4, -0.2) is 61.2 Å². The molecule has 0 spiro atoms. The van der Waals surface area contributed by atoms with Crippen molar-refractivity contribution < 1.29 is 26.4 Å². The third-order valence-electron chi connectivity index (χ3n) is 5.63. The van der Waals surface area contributed by atoms with E-state index in [0.29, 0.717) is 24.8 Å². The summed E-state index contributed by atoms with van der Waals surface area (Å²) in [5, 5.41) is 5.19. The maximum absolute atomic E-state index is 12.8. The van der Waals surface area contributed by atoms with E-state index in [0.717, 1.165) is 35.5 Å². The SMILES string of the molecule is O=C(CCN1CCN(S(=O)(=O)c2ccc(C(F)(F)F)cc2)CC1)Nc1nc(-c2ccccc2)cs1. The molecule has 2 aromatic carbocycles. The average molecular weight is 525 g/mol. The lowest BCUT2D eigenvalue weighted by atomic mass is 10.2. The highest BCUT2D eigenvalue weighted by Gasteiger charge is 2.32. The summed E-state index contributed by atoms with van der Waals surface area (Å²) in [5.41, 5.74) is 0.859. The molecule has 1 saturated heterocycles. The number of hydrogen-bond donors (Lipinski definition) is 1. The summed E-state index contributed by atoms with van der Waals surface area (Å²) in [6.45, 7) is 1.68. The summed E-state index contributed by atoms with van der Waals surface area (Å²) < 4.78 is 65.0. The second kappa shape index (κ2) is 10.4. The van der Waals surface area contributed by atoms with Gasteiger partial charge in [-0.05, 0) is 24.3 Å². The molecule has 1 N–H and O–H groups in total. The Morgan fingerprint density at radius 2 is 1.66 bits per heavy atom. The van der Waals surface area contributed by atoms with Gasteiger partial charge in [-0.2, -0.15) is 17.5 Å². The number of carbonyl (C=O) groups excluding carboxylic acids is 1. The van der Waals surface area contributed by atoms with E-state index < -0.39 is 21.8 Å². The van der Waals surface area contributed by atoms with Gasteiger partial charge >= 0.3 is 6.18 Å². The zero-order valence-corrected chi connectivity index (χ0v) is 20.2. The maximum atomic E-state index is 12.8. The Labute approximate surface area is 205 Å². The molecule has 2 heterocycles. The van der Waals surface area contributed by atoms with Crippen LogP contribution in [0, 0.1) is 0 Å². The second-order valence-corrected chi connectivity index (χ2v) is 10.8. The lowest BCUT2D eigenvalue weighted by Gasteiger charge is -2.33. The van der Waals surface area contributed by atoms with Gasteiger partial charge < -0.3 is 10.2 Å². The van der Waals surface area contributed by atoms with Crippen LogP contribution in [0.4, 0.5) is 18.3 Å². The molecule has 12 heteroatoms. The van der Waals surface area contributed by atoms with E-state index >= 15 is 0 Å². The number of thiazole rings is 1. The van der Waals surface area contributed by atoms with E-state index in [1.54, 1.807) is 0 Å². The number of carbonyl (C=O) groups is 1. The largest absolute Gasteiger partial charge is 0.416 e. The molecule has 186 valence electrons. The summed E-state index contributed by atoms with van der Waals surface area (Å²) in [6, 6.07) is 13.1. The molecule has 7 nitrogen and oxygen atoms in total. The first-order valence-corrected chi connectivity index (χ1v) is 13.2. The Bertz CT molecular complexity index is 1260. The Kier molecular flexibility index (Phi) is 7.55. The number of nitrogens with one attached hydrogen (secondary N) is 1. The zero-order valence-electron chi connectivity index (χ0n) is 18.5. The summed E-state index contributed by atoms with van der Waals surface area (Å²) in [5.74, 6) is -0.182. The second-order valence-electron chi connectivity index (χ2n) is 7.97. The van der Waals surface area contributed by atoms with Crippen LogP contribution in [0.5, 0.6) is 0 Å². The number of nitrogens with zero attached hydrogens (tertiary/aromatic N) is 3. The number of halogens is 3. The molecule has 1 aliphatic heterocycles. The van der Waals surface area contributed by atoms with Crippen molar-refractivity contribution >= 4 is 32.4 Å². The Morgan fingerprint density at radius 1 is 1.00 bits per heavy atom. The van der Waals surface area contributed by atoms with Crippen molar-refractivity contribution in [1.82, 2.24) is 14.2 Å². The molecule has 3 aromatic rings. The van der Waals surface area contributed by atoms with Crippen molar-refractivity contribution in [3.8, 4) is 11.3 Å². The van der Waals surface area contributed by atoms with Crippen molar-refractivity contribution in [2.24, 2.45) is 0 Å². The standard InChI is InChI=1S/C23H23F3N4O3S2/c24-23(25,26)18-6-8-19(9-7-18)35(32,33)30-14-12-29(13-15-30)11-10-21(31)28-22-27-20(16-34-22)17-4-2-1-3-5-17/h1-9,16H,10-15H2,(H,27,28,31). The lowest BCUT2D eigenvalue weighted by Crippen LogP contribution is -2.49. The topological polar surface area (TPSA) is 82.6 Å². The van der Waals surface area contributed by atoms with Crippen molar-refractivity contribution in [2.45, 2.75) is 17.5 Å². The van der Waals surface area contributed by atoms with Crippen molar-refractivity contribution in [2.75, 3.05) is 38.0 Å². The minimum absolute atomic E-state index is 0.170. The molecule has 1 aliphatic rings. The summed E-state index contributed by atoms with van der Waals surface area (Å²) in [6.07, 6.45) is -4.30. The van der Waals surface area contributed by atoms with Gasteiger partial charge in [-0.25, -0.2) is 13.4 Å². The first kappa shape index (κ1) is 25.3. The highest BCUT2D eigenvalue weighted by molar-refractivity contribution is 7.89. The molecule has 0 unspecified atom stereocenters. The Hall–Kier alpha value is -2.80. The van der Waals surface area contributed by atoms with E-state index in [1.807, 2.05) is 40.6 Å². The van der Waals surface area contributed by atoms with Gasteiger partial charge in [0.05, 0.1) is 16.2 Å². The maximum Gasteiger partial charge on any atom is 0.416 e. The molecule has 0 radical (unpaired) electrons. The van der Waals surface area contributed by atoms with Gasteiger partial charge in [-0.3, -0.25) is 4.79 Å². The number of amides is 1. The van der Waals surface area contributed by atoms with Crippen LogP contribution >= 0.6 is 11.3 Å². The highest BCUT2D eigenvalue weighted by atomic mass is 32.2. The minimum atomic E-state index is -4.52. The molecule has 0 bridgehead atoms. The molecule has 1 amide bonds. The lowest BCUT2D eigenvalue weighted by molar-refractivity contribution is -0.137. The monoisotopic (exact) mass is 524 g/mol. The number of benzene rings is 2. The van der Waals surface area contributed by atoms with E-state index in [-0.39, 0.29) is 30.3 Å². The first-order chi connectivity index (χ1) is 16.6. The number of aromatic nitrogens is 1. The van der Waals surface area contributed by atoms with Crippen molar-refractivity contribution in [3.63, 3.8) is 0 Å². The van der Waals surface area contributed by atoms with Crippen LogP contribution in [-0.2, 0) is 21.0 Å². The number of alkyl halides is 3. The molecule has 35 heavy (non-hydrogen) atoms. The predicted molar refractivity (Wildman–Crippen MR) is 127 cm³/mol. The van der Waals surface area contributed by atoms with Crippen molar-refractivity contribution in [1.29, 1.82) is 0 Å². The van der Waals surface area contributed by atoms with Crippen LogP contribution in [0.2, 0.25) is 0 Å². The molecule has 4 rings (SSSR count). The van der Waals surface area contributed by atoms with E-state index in [4.69, 9.17) is 0 Å². The summed E-state index contributed by atoms with van der Waals surface area (Å²) in [7, 11) is -3.89. The summed E-state index contributed by atoms with van der Waals surface area (Å²) >= 11 is 1.34. The number of sulfonamides is 1. The molecule has 0 saturated carbocycles. The van der Waals surface area contributed by atoms with Crippen LogP contribution < -0.4 is 5.32 Å². The van der Waals surface area contributed by atoms with Crippen LogP contribution in [0.25, 0.3) is 11.3 Å². The highest BCUT2D eigenvalue weighted by Crippen LogP contribution is 2.30. The third kappa shape index (κ3) is 6.26. The van der Waals surface area contributed by atoms with Gasteiger partial charge in [0.2, 0.25) is 15.9 Å². The van der Waals surface area contributed by atoms with Crippen molar-refractivity contribution in [3.05, 3.63) is 65.5 Å². The Morgan fingerprint density at radius 3 is 2.29 bits per heavy atom. The number of anilines is 1. The number of piperazine rings is 1. The number of rotatable bonds is 7.